The van der Waals surface area contributed by atoms with Crippen LogP contribution in [0.5, 0.6) is 0 Å². The van der Waals surface area contributed by atoms with Crippen LogP contribution in [0.2, 0.25) is 0 Å². The van der Waals surface area contributed by atoms with Gasteiger partial charge in [-0.15, -0.1) is 10.2 Å². The maximum atomic E-state index is 6.03. The first-order valence-electron chi connectivity index (χ1n) is 6.82. The molecule has 0 saturated heterocycles. The van der Waals surface area contributed by atoms with Crippen LogP contribution in [-0.4, -0.2) is 10.2 Å². The summed E-state index contributed by atoms with van der Waals surface area (Å²) in [6, 6.07) is 8.27. The van der Waals surface area contributed by atoms with Crippen molar-refractivity contribution in [1.29, 1.82) is 0 Å². The van der Waals surface area contributed by atoms with Crippen LogP contribution in [-0.2, 0) is 5.75 Å². The largest absolute Gasteiger partial charge is 0.414 e. The van der Waals surface area contributed by atoms with Gasteiger partial charge in [-0.3, -0.25) is 0 Å². The molecule has 0 spiro atoms. The zero-order valence-electron chi connectivity index (χ0n) is 12.2. The Balaban J connectivity index is 1.91. The van der Waals surface area contributed by atoms with Gasteiger partial charge in [0.15, 0.2) is 0 Å². The second-order valence-corrected chi connectivity index (χ2v) is 6.34. The van der Waals surface area contributed by atoms with E-state index in [0.29, 0.717) is 17.0 Å². The fraction of sp³-hybridized carbons (Fsp3) is 0.467. The minimum atomic E-state index is -0.170. The highest BCUT2D eigenvalue weighted by molar-refractivity contribution is 7.98. The highest BCUT2D eigenvalue weighted by Gasteiger charge is 2.16. The van der Waals surface area contributed by atoms with Crippen molar-refractivity contribution in [2.24, 2.45) is 11.7 Å². The molecule has 0 aliphatic rings. The number of nitrogens with zero attached hydrogens (tertiary/aromatic N) is 2. The Morgan fingerprint density at radius 1 is 1.20 bits per heavy atom. The Hall–Kier alpha value is -1.33. The van der Waals surface area contributed by atoms with Gasteiger partial charge in [-0.05, 0) is 24.8 Å². The second kappa shape index (κ2) is 6.90. The topological polar surface area (TPSA) is 64.9 Å². The van der Waals surface area contributed by atoms with Crippen LogP contribution in [0.1, 0.15) is 43.3 Å². The number of rotatable bonds is 6. The number of hydrogen-bond acceptors (Lipinski definition) is 5. The van der Waals surface area contributed by atoms with Crippen molar-refractivity contribution >= 4 is 11.8 Å². The molecule has 1 aromatic carbocycles. The van der Waals surface area contributed by atoms with E-state index in [4.69, 9.17) is 10.2 Å². The fourth-order valence-corrected chi connectivity index (χ4v) is 2.59. The number of aromatic nitrogens is 2. The third-order valence-corrected chi connectivity index (χ3v) is 3.84. The van der Waals surface area contributed by atoms with Crippen molar-refractivity contribution in [2.45, 2.75) is 44.2 Å². The Morgan fingerprint density at radius 3 is 2.55 bits per heavy atom. The van der Waals surface area contributed by atoms with E-state index in [9.17, 15) is 0 Å². The molecule has 0 bridgehead atoms. The molecular formula is C15H21N3OS. The molecule has 108 valence electrons. The van der Waals surface area contributed by atoms with Crippen LogP contribution in [0, 0.1) is 12.8 Å². The highest BCUT2D eigenvalue weighted by atomic mass is 32.2. The minimum Gasteiger partial charge on any atom is -0.414 e. The molecule has 20 heavy (non-hydrogen) atoms. The van der Waals surface area contributed by atoms with Gasteiger partial charge in [0.25, 0.3) is 5.22 Å². The molecule has 5 heteroatoms. The van der Waals surface area contributed by atoms with E-state index in [1.807, 2.05) is 0 Å². The van der Waals surface area contributed by atoms with E-state index in [-0.39, 0.29) is 6.04 Å². The van der Waals surface area contributed by atoms with E-state index in [1.165, 1.54) is 11.1 Å². The molecule has 1 aromatic heterocycles. The summed E-state index contributed by atoms with van der Waals surface area (Å²) < 4.78 is 5.61. The smallest absolute Gasteiger partial charge is 0.276 e. The van der Waals surface area contributed by atoms with Gasteiger partial charge in [0.2, 0.25) is 5.89 Å². The Morgan fingerprint density at radius 2 is 1.90 bits per heavy atom. The maximum absolute atomic E-state index is 6.03. The molecule has 4 nitrogen and oxygen atoms in total. The van der Waals surface area contributed by atoms with E-state index in [1.54, 1.807) is 11.8 Å². The first-order chi connectivity index (χ1) is 9.54. The maximum Gasteiger partial charge on any atom is 0.276 e. The summed E-state index contributed by atoms with van der Waals surface area (Å²) in [4.78, 5) is 0. The second-order valence-electron chi connectivity index (χ2n) is 5.42. The Kier molecular flexibility index (Phi) is 5.20. The average molecular weight is 291 g/mol. The molecule has 2 N–H and O–H groups in total. The van der Waals surface area contributed by atoms with Gasteiger partial charge < -0.3 is 10.2 Å². The molecule has 0 aliphatic carbocycles. The molecule has 0 radical (unpaired) electrons. The normalized spacial score (nSPS) is 12.8. The van der Waals surface area contributed by atoms with Crippen molar-refractivity contribution < 1.29 is 4.42 Å². The summed E-state index contributed by atoms with van der Waals surface area (Å²) in [5.74, 6) is 1.87. The highest BCUT2D eigenvalue weighted by Crippen LogP contribution is 2.24. The number of aryl methyl sites for hydroxylation is 1. The monoisotopic (exact) mass is 291 g/mol. The molecule has 0 aliphatic heterocycles. The lowest BCUT2D eigenvalue weighted by atomic mass is 10.1. The van der Waals surface area contributed by atoms with Gasteiger partial charge in [-0.2, -0.15) is 0 Å². The van der Waals surface area contributed by atoms with Crippen molar-refractivity contribution in [2.75, 3.05) is 0 Å². The molecule has 2 rings (SSSR count). The zero-order valence-corrected chi connectivity index (χ0v) is 13.0. The lowest BCUT2D eigenvalue weighted by Crippen LogP contribution is -2.13. The lowest BCUT2D eigenvalue weighted by molar-refractivity contribution is 0.361. The molecule has 0 amide bonds. The Bertz CT molecular complexity index is 536. The summed E-state index contributed by atoms with van der Waals surface area (Å²) in [6.45, 7) is 6.34. The van der Waals surface area contributed by atoms with E-state index >= 15 is 0 Å². The van der Waals surface area contributed by atoms with Crippen LogP contribution in [0.15, 0.2) is 33.9 Å². The molecular weight excluding hydrogens is 270 g/mol. The molecule has 1 unspecified atom stereocenters. The van der Waals surface area contributed by atoms with Crippen molar-refractivity contribution in [1.82, 2.24) is 10.2 Å². The zero-order chi connectivity index (χ0) is 14.5. The fourth-order valence-electron chi connectivity index (χ4n) is 1.87. The van der Waals surface area contributed by atoms with Crippen LogP contribution < -0.4 is 5.73 Å². The van der Waals surface area contributed by atoms with Gasteiger partial charge in [0.1, 0.15) is 0 Å². The van der Waals surface area contributed by atoms with Crippen LogP contribution in [0.25, 0.3) is 0 Å². The van der Waals surface area contributed by atoms with E-state index < -0.39 is 0 Å². The van der Waals surface area contributed by atoms with Gasteiger partial charge in [-0.1, -0.05) is 55.4 Å². The lowest BCUT2D eigenvalue weighted by Gasteiger charge is -2.08. The number of thioether (sulfide) groups is 1. The third-order valence-electron chi connectivity index (χ3n) is 2.95. The third kappa shape index (κ3) is 4.35. The number of benzene rings is 1. The van der Waals surface area contributed by atoms with Crippen LogP contribution in [0.4, 0.5) is 0 Å². The average Bonchev–Trinajstić information content (AvgIpc) is 2.86. The number of nitrogens with two attached hydrogens (primary N) is 1. The van der Waals surface area contributed by atoms with Crippen LogP contribution >= 0.6 is 11.8 Å². The van der Waals surface area contributed by atoms with Gasteiger partial charge >= 0.3 is 0 Å². The van der Waals surface area contributed by atoms with E-state index in [2.05, 4.69) is 55.2 Å². The number of hydrogen-bond donors (Lipinski definition) is 1. The first kappa shape index (κ1) is 15.1. The summed E-state index contributed by atoms with van der Waals surface area (Å²) in [5, 5.41) is 8.66. The standard InChI is InChI=1S/C15H21N3OS/c1-10(2)8-13(16)14-17-18-15(19-14)20-9-12-6-4-11(3)5-7-12/h4-7,10,13H,8-9,16H2,1-3H3. The predicted molar refractivity (Wildman–Crippen MR) is 81.4 cm³/mol. The summed E-state index contributed by atoms with van der Waals surface area (Å²) in [5.41, 5.74) is 8.53. The molecule has 1 heterocycles. The minimum absolute atomic E-state index is 0.170. The van der Waals surface area contributed by atoms with Crippen LogP contribution in [0.3, 0.4) is 0 Å². The first-order valence-corrected chi connectivity index (χ1v) is 7.80. The molecule has 0 saturated carbocycles. The van der Waals surface area contributed by atoms with E-state index in [0.717, 1.165) is 12.2 Å². The molecule has 1 atom stereocenters. The van der Waals surface area contributed by atoms with Gasteiger partial charge in [0.05, 0.1) is 6.04 Å². The SMILES string of the molecule is Cc1ccc(CSc2nnc(C(N)CC(C)C)o2)cc1. The predicted octanol–water partition coefficient (Wildman–Crippen LogP) is 3.72. The molecule has 2 aromatic rings. The summed E-state index contributed by atoms with van der Waals surface area (Å²) in [6.07, 6.45) is 0.851. The summed E-state index contributed by atoms with van der Waals surface area (Å²) in [7, 11) is 0. The van der Waals surface area contributed by atoms with Crippen molar-refractivity contribution in [3.05, 3.63) is 41.3 Å². The molecule has 0 fully saturated rings. The van der Waals surface area contributed by atoms with Gasteiger partial charge in [0, 0.05) is 5.75 Å². The van der Waals surface area contributed by atoms with Gasteiger partial charge in [-0.25, -0.2) is 0 Å². The summed E-state index contributed by atoms with van der Waals surface area (Å²) >= 11 is 1.54. The van der Waals surface area contributed by atoms with Crippen molar-refractivity contribution in [3.63, 3.8) is 0 Å². The van der Waals surface area contributed by atoms with Crippen molar-refractivity contribution in [3.8, 4) is 0 Å². The quantitative estimate of drug-likeness (QED) is 0.822. The Labute approximate surface area is 124 Å².